The summed E-state index contributed by atoms with van der Waals surface area (Å²) in [5, 5.41) is 2.99. The minimum atomic E-state index is -3.52. The van der Waals surface area contributed by atoms with Gasteiger partial charge in [0.1, 0.15) is 5.76 Å². The predicted molar refractivity (Wildman–Crippen MR) is 77.8 cm³/mol. The second-order valence-corrected chi connectivity index (χ2v) is 7.63. The molecular formula is C14H24N2O3S. The van der Waals surface area contributed by atoms with Crippen molar-refractivity contribution < 1.29 is 12.8 Å². The van der Waals surface area contributed by atoms with Crippen LogP contribution < -0.4 is 5.32 Å². The Balaban J connectivity index is 2.15. The van der Waals surface area contributed by atoms with Gasteiger partial charge < -0.3 is 9.73 Å². The molecule has 1 aromatic heterocycles. The first-order valence-corrected chi connectivity index (χ1v) is 8.60. The van der Waals surface area contributed by atoms with Crippen molar-refractivity contribution in [3.8, 4) is 0 Å². The van der Waals surface area contributed by atoms with Gasteiger partial charge in [0.05, 0.1) is 6.54 Å². The monoisotopic (exact) mass is 300 g/mol. The number of rotatable bonds is 5. The van der Waals surface area contributed by atoms with Crippen molar-refractivity contribution in [1.82, 2.24) is 9.62 Å². The van der Waals surface area contributed by atoms with E-state index in [0.717, 1.165) is 19.3 Å². The largest absolute Gasteiger partial charge is 0.447 e. The number of hydrogen-bond acceptors (Lipinski definition) is 4. The van der Waals surface area contributed by atoms with Crippen LogP contribution >= 0.6 is 0 Å². The van der Waals surface area contributed by atoms with Crippen molar-refractivity contribution in [1.29, 1.82) is 0 Å². The highest BCUT2D eigenvalue weighted by Gasteiger charge is 2.32. The fraction of sp³-hybridized carbons (Fsp3) is 0.714. The zero-order chi connectivity index (χ0) is 14.8. The van der Waals surface area contributed by atoms with Crippen LogP contribution in [0.4, 0.5) is 0 Å². The molecule has 0 radical (unpaired) electrons. The van der Waals surface area contributed by atoms with Gasteiger partial charge in [-0.2, -0.15) is 4.31 Å². The first kappa shape index (κ1) is 15.5. The van der Waals surface area contributed by atoms with E-state index >= 15 is 0 Å². The average molecular weight is 300 g/mol. The molecule has 1 aliphatic rings. The van der Waals surface area contributed by atoms with Crippen LogP contribution in [-0.2, 0) is 16.6 Å². The van der Waals surface area contributed by atoms with Crippen LogP contribution in [-0.4, -0.2) is 32.9 Å². The molecular weight excluding hydrogens is 276 g/mol. The zero-order valence-electron chi connectivity index (χ0n) is 12.4. The van der Waals surface area contributed by atoms with E-state index in [1.54, 1.807) is 26.2 Å². The second-order valence-electron chi connectivity index (χ2n) is 5.70. The van der Waals surface area contributed by atoms with E-state index < -0.39 is 10.0 Å². The lowest BCUT2D eigenvalue weighted by molar-refractivity contribution is 0.235. The molecule has 1 heterocycles. The van der Waals surface area contributed by atoms with E-state index in [9.17, 15) is 8.42 Å². The van der Waals surface area contributed by atoms with Gasteiger partial charge in [0.15, 0.2) is 0 Å². The number of nitrogens with one attached hydrogen (secondary N) is 1. The van der Waals surface area contributed by atoms with Gasteiger partial charge in [0.2, 0.25) is 5.09 Å². The molecule has 20 heavy (non-hydrogen) atoms. The molecule has 6 heteroatoms. The Bertz CT molecular complexity index is 538. The summed E-state index contributed by atoms with van der Waals surface area (Å²) in [4.78, 5) is 0. The number of furan rings is 1. The van der Waals surface area contributed by atoms with Crippen molar-refractivity contribution in [3.63, 3.8) is 0 Å². The predicted octanol–water partition coefficient (Wildman–Crippen LogP) is 2.20. The lowest BCUT2D eigenvalue weighted by atomic mass is 9.87. The van der Waals surface area contributed by atoms with Gasteiger partial charge in [-0.1, -0.05) is 19.8 Å². The number of sulfonamides is 1. The number of nitrogens with zero attached hydrogens (tertiary/aromatic N) is 1. The minimum absolute atomic E-state index is 0.0449. The maximum absolute atomic E-state index is 12.6. The summed E-state index contributed by atoms with van der Waals surface area (Å²) < 4.78 is 32.1. The summed E-state index contributed by atoms with van der Waals surface area (Å²) >= 11 is 0. The molecule has 1 fully saturated rings. The highest BCUT2D eigenvalue weighted by Crippen LogP contribution is 2.30. The SMILES string of the molecule is CNCc1ccc(S(=O)(=O)N(C)C2CCCC(C)C2)o1. The van der Waals surface area contributed by atoms with Crippen LogP contribution in [0.15, 0.2) is 21.6 Å². The molecule has 0 bridgehead atoms. The summed E-state index contributed by atoms with van der Waals surface area (Å²) in [6.07, 6.45) is 4.15. The van der Waals surface area contributed by atoms with Crippen molar-refractivity contribution in [3.05, 3.63) is 17.9 Å². The van der Waals surface area contributed by atoms with Crippen LogP contribution in [0.2, 0.25) is 0 Å². The molecule has 0 spiro atoms. The van der Waals surface area contributed by atoms with Crippen molar-refractivity contribution in [2.45, 2.75) is 50.3 Å². The van der Waals surface area contributed by atoms with Gasteiger partial charge >= 0.3 is 0 Å². The van der Waals surface area contributed by atoms with E-state index in [-0.39, 0.29) is 11.1 Å². The molecule has 0 aliphatic heterocycles. The molecule has 0 saturated heterocycles. The Morgan fingerprint density at radius 2 is 2.15 bits per heavy atom. The van der Waals surface area contributed by atoms with Crippen LogP contribution in [0.25, 0.3) is 0 Å². The normalized spacial score (nSPS) is 24.2. The Labute approximate surface area is 121 Å². The fourth-order valence-corrected chi connectivity index (χ4v) is 4.16. The maximum atomic E-state index is 12.6. The van der Waals surface area contributed by atoms with Crippen LogP contribution in [0.5, 0.6) is 0 Å². The Kier molecular flexibility index (Phi) is 4.88. The summed E-state index contributed by atoms with van der Waals surface area (Å²) in [6, 6.07) is 3.34. The summed E-state index contributed by atoms with van der Waals surface area (Å²) in [5.74, 6) is 1.22. The highest BCUT2D eigenvalue weighted by atomic mass is 32.2. The lowest BCUT2D eigenvalue weighted by Crippen LogP contribution is -2.39. The van der Waals surface area contributed by atoms with Crippen LogP contribution in [0, 0.1) is 5.92 Å². The highest BCUT2D eigenvalue weighted by molar-refractivity contribution is 7.89. The van der Waals surface area contributed by atoms with E-state index in [2.05, 4.69) is 12.2 Å². The van der Waals surface area contributed by atoms with E-state index in [1.807, 2.05) is 0 Å². The topological polar surface area (TPSA) is 62.6 Å². The molecule has 0 amide bonds. The molecule has 2 atom stereocenters. The molecule has 5 nitrogen and oxygen atoms in total. The molecule has 1 saturated carbocycles. The molecule has 1 aliphatic carbocycles. The number of hydrogen-bond donors (Lipinski definition) is 1. The zero-order valence-corrected chi connectivity index (χ0v) is 13.2. The van der Waals surface area contributed by atoms with Crippen molar-refractivity contribution >= 4 is 10.0 Å². The minimum Gasteiger partial charge on any atom is -0.447 e. The summed E-state index contributed by atoms with van der Waals surface area (Å²) in [7, 11) is -0.0578. The van der Waals surface area contributed by atoms with Gasteiger partial charge in [-0.25, -0.2) is 8.42 Å². The van der Waals surface area contributed by atoms with Gasteiger partial charge in [0, 0.05) is 13.1 Å². The third-order valence-corrected chi connectivity index (χ3v) is 5.83. The quantitative estimate of drug-likeness (QED) is 0.905. The Morgan fingerprint density at radius 3 is 2.80 bits per heavy atom. The smallest absolute Gasteiger partial charge is 0.276 e. The molecule has 2 unspecified atom stereocenters. The van der Waals surface area contributed by atoms with Crippen molar-refractivity contribution in [2.24, 2.45) is 5.92 Å². The average Bonchev–Trinajstić information content (AvgIpc) is 2.87. The fourth-order valence-electron chi connectivity index (χ4n) is 2.84. The van der Waals surface area contributed by atoms with Gasteiger partial charge in [-0.15, -0.1) is 0 Å². The third kappa shape index (κ3) is 3.24. The first-order chi connectivity index (χ1) is 9.45. The van der Waals surface area contributed by atoms with E-state index in [1.165, 1.54) is 10.7 Å². The molecule has 114 valence electrons. The van der Waals surface area contributed by atoms with Gasteiger partial charge in [0.25, 0.3) is 10.0 Å². The summed E-state index contributed by atoms with van der Waals surface area (Å²) in [6.45, 7) is 2.71. The molecule has 2 rings (SSSR count). The van der Waals surface area contributed by atoms with E-state index in [0.29, 0.717) is 18.2 Å². The Morgan fingerprint density at radius 1 is 1.40 bits per heavy atom. The first-order valence-electron chi connectivity index (χ1n) is 7.16. The van der Waals surface area contributed by atoms with Gasteiger partial charge in [-0.3, -0.25) is 0 Å². The van der Waals surface area contributed by atoms with Crippen LogP contribution in [0.1, 0.15) is 38.4 Å². The molecule has 1 N–H and O–H groups in total. The summed E-state index contributed by atoms with van der Waals surface area (Å²) in [5.41, 5.74) is 0. The van der Waals surface area contributed by atoms with Crippen molar-refractivity contribution in [2.75, 3.05) is 14.1 Å². The molecule has 1 aromatic rings. The third-order valence-electron chi connectivity index (χ3n) is 4.04. The van der Waals surface area contributed by atoms with E-state index in [4.69, 9.17) is 4.42 Å². The standard InChI is InChI=1S/C14H24N2O3S/c1-11-5-4-6-12(9-11)16(3)20(17,18)14-8-7-13(19-14)10-15-2/h7-8,11-12,15H,4-6,9-10H2,1-3H3. The van der Waals surface area contributed by atoms with Crippen LogP contribution in [0.3, 0.4) is 0 Å². The maximum Gasteiger partial charge on any atom is 0.276 e. The van der Waals surface area contributed by atoms with Gasteiger partial charge in [-0.05, 0) is 37.9 Å². The Hall–Kier alpha value is -0.850. The second kappa shape index (κ2) is 6.28. The lowest BCUT2D eigenvalue weighted by Gasteiger charge is -2.32. The molecule has 0 aromatic carbocycles.